The van der Waals surface area contributed by atoms with Crippen LogP contribution in [0, 0.1) is 5.92 Å². The number of hydrogen-bond donors (Lipinski definition) is 1. The van der Waals surface area contributed by atoms with E-state index in [1.807, 2.05) is 0 Å². The average Bonchev–Trinajstić information content (AvgIpc) is 2.71. The maximum atomic E-state index is 6.33. The molecule has 110 valence electrons. The summed E-state index contributed by atoms with van der Waals surface area (Å²) < 4.78 is 0. The van der Waals surface area contributed by atoms with Crippen LogP contribution >= 0.6 is 0 Å². The first-order chi connectivity index (χ1) is 9.78. The van der Waals surface area contributed by atoms with Gasteiger partial charge in [0.05, 0.1) is 5.54 Å². The highest BCUT2D eigenvalue weighted by molar-refractivity contribution is 5.57. The van der Waals surface area contributed by atoms with Crippen LogP contribution in [0.2, 0.25) is 0 Å². The summed E-state index contributed by atoms with van der Waals surface area (Å²) in [6.07, 6.45) is 9.13. The Hall–Kier alpha value is -1.02. The van der Waals surface area contributed by atoms with Crippen molar-refractivity contribution in [3.63, 3.8) is 0 Å². The van der Waals surface area contributed by atoms with Crippen LogP contribution in [0.15, 0.2) is 24.3 Å². The van der Waals surface area contributed by atoms with E-state index in [0.29, 0.717) is 5.92 Å². The molecule has 2 heteroatoms. The second-order valence-electron chi connectivity index (χ2n) is 6.69. The van der Waals surface area contributed by atoms with Gasteiger partial charge in [-0.1, -0.05) is 38.0 Å². The first kappa shape index (κ1) is 13.9. The minimum Gasteiger partial charge on any atom is -0.364 e. The van der Waals surface area contributed by atoms with Crippen LogP contribution in [0.5, 0.6) is 0 Å². The lowest BCUT2D eigenvalue weighted by Crippen LogP contribution is -2.60. The van der Waals surface area contributed by atoms with Crippen molar-refractivity contribution in [2.24, 2.45) is 11.7 Å². The average molecular weight is 272 g/mol. The van der Waals surface area contributed by atoms with E-state index in [4.69, 9.17) is 5.73 Å². The smallest absolute Gasteiger partial charge is 0.0549 e. The van der Waals surface area contributed by atoms with Gasteiger partial charge in [0, 0.05) is 18.8 Å². The lowest BCUT2D eigenvalue weighted by Gasteiger charge is -2.51. The van der Waals surface area contributed by atoms with Gasteiger partial charge in [-0.2, -0.15) is 0 Å². The molecule has 2 aliphatic rings. The van der Waals surface area contributed by atoms with Crippen molar-refractivity contribution < 1.29 is 0 Å². The normalized spacial score (nSPS) is 30.7. The molecule has 1 aromatic carbocycles. The minimum absolute atomic E-state index is 0.193. The fourth-order valence-electron chi connectivity index (χ4n) is 4.37. The molecule has 1 heterocycles. The van der Waals surface area contributed by atoms with Crippen LogP contribution in [0.3, 0.4) is 0 Å². The van der Waals surface area contributed by atoms with Crippen LogP contribution < -0.4 is 10.6 Å². The van der Waals surface area contributed by atoms with E-state index >= 15 is 0 Å². The first-order valence-electron chi connectivity index (χ1n) is 8.33. The molecular formula is C18H28N2. The summed E-state index contributed by atoms with van der Waals surface area (Å²) in [6, 6.07) is 9.00. The maximum Gasteiger partial charge on any atom is 0.0549 e. The summed E-state index contributed by atoms with van der Waals surface area (Å²) in [6.45, 7) is 4.39. The van der Waals surface area contributed by atoms with Crippen molar-refractivity contribution in [2.45, 2.75) is 57.4 Å². The second kappa shape index (κ2) is 5.77. The molecule has 1 fully saturated rings. The number of fused-ring (bicyclic) bond motifs is 1. The molecule has 0 bridgehead atoms. The Morgan fingerprint density at radius 2 is 2.05 bits per heavy atom. The van der Waals surface area contributed by atoms with Gasteiger partial charge < -0.3 is 10.6 Å². The van der Waals surface area contributed by atoms with Crippen LogP contribution in [0.25, 0.3) is 0 Å². The molecule has 20 heavy (non-hydrogen) atoms. The van der Waals surface area contributed by atoms with Gasteiger partial charge in [0.15, 0.2) is 0 Å². The molecule has 1 aliphatic heterocycles. The predicted molar refractivity (Wildman–Crippen MR) is 86.1 cm³/mol. The third-order valence-electron chi connectivity index (χ3n) is 5.67. The summed E-state index contributed by atoms with van der Waals surface area (Å²) in [7, 11) is 0. The lowest BCUT2D eigenvalue weighted by atomic mass is 9.72. The monoisotopic (exact) mass is 272 g/mol. The van der Waals surface area contributed by atoms with Gasteiger partial charge in [0.25, 0.3) is 0 Å². The SMILES string of the molecule is CC1CCCCC1(CN)N1CCCCc2ccccc21. The van der Waals surface area contributed by atoms with Crippen molar-refractivity contribution in [2.75, 3.05) is 18.0 Å². The van der Waals surface area contributed by atoms with Gasteiger partial charge in [0.2, 0.25) is 0 Å². The van der Waals surface area contributed by atoms with E-state index in [0.717, 1.165) is 6.54 Å². The molecule has 0 aromatic heterocycles. The van der Waals surface area contributed by atoms with E-state index < -0.39 is 0 Å². The molecule has 1 aliphatic carbocycles. The van der Waals surface area contributed by atoms with Crippen molar-refractivity contribution in [3.05, 3.63) is 29.8 Å². The minimum atomic E-state index is 0.193. The molecular weight excluding hydrogens is 244 g/mol. The third-order valence-corrected chi connectivity index (χ3v) is 5.67. The van der Waals surface area contributed by atoms with Crippen molar-refractivity contribution >= 4 is 5.69 Å². The predicted octanol–water partition coefficient (Wildman–Crippen LogP) is 3.74. The van der Waals surface area contributed by atoms with E-state index in [9.17, 15) is 0 Å². The zero-order valence-electron chi connectivity index (χ0n) is 12.8. The highest BCUT2D eigenvalue weighted by Gasteiger charge is 2.42. The van der Waals surface area contributed by atoms with E-state index in [-0.39, 0.29) is 5.54 Å². The summed E-state index contributed by atoms with van der Waals surface area (Å²) in [4.78, 5) is 2.69. The molecule has 3 rings (SSSR count). The molecule has 0 radical (unpaired) electrons. The Kier molecular flexibility index (Phi) is 4.02. The highest BCUT2D eigenvalue weighted by Crippen LogP contribution is 2.42. The molecule has 2 unspecified atom stereocenters. The van der Waals surface area contributed by atoms with Gasteiger partial charge in [0.1, 0.15) is 0 Å². The Morgan fingerprint density at radius 3 is 2.85 bits per heavy atom. The molecule has 1 aromatic rings. The zero-order valence-corrected chi connectivity index (χ0v) is 12.8. The molecule has 0 amide bonds. The third kappa shape index (κ3) is 2.24. The Balaban J connectivity index is 2.02. The summed E-state index contributed by atoms with van der Waals surface area (Å²) in [5.74, 6) is 0.701. The number of nitrogens with two attached hydrogens (primary N) is 1. The number of benzene rings is 1. The van der Waals surface area contributed by atoms with Crippen molar-refractivity contribution in [3.8, 4) is 0 Å². The molecule has 2 atom stereocenters. The summed E-state index contributed by atoms with van der Waals surface area (Å²) in [5, 5.41) is 0. The van der Waals surface area contributed by atoms with Gasteiger partial charge in [-0.25, -0.2) is 0 Å². The number of rotatable bonds is 2. The van der Waals surface area contributed by atoms with Gasteiger partial charge >= 0.3 is 0 Å². The fraction of sp³-hybridized carbons (Fsp3) is 0.667. The lowest BCUT2D eigenvalue weighted by molar-refractivity contribution is 0.196. The van der Waals surface area contributed by atoms with Gasteiger partial charge in [-0.15, -0.1) is 0 Å². The highest BCUT2D eigenvalue weighted by atomic mass is 15.2. The topological polar surface area (TPSA) is 29.3 Å². The number of para-hydroxylation sites is 1. The summed E-state index contributed by atoms with van der Waals surface area (Å²) >= 11 is 0. The number of aryl methyl sites for hydroxylation is 1. The molecule has 0 spiro atoms. The molecule has 2 N–H and O–H groups in total. The van der Waals surface area contributed by atoms with Gasteiger partial charge in [-0.05, 0) is 49.7 Å². The van der Waals surface area contributed by atoms with E-state index in [1.54, 1.807) is 0 Å². The number of anilines is 1. The molecule has 0 saturated heterocycles. The van der Waals surface area contributed by atoms with Crippen molar-refractivity contribution in [1.29, 1.82) is 0 Å². The van der Waals surface area contributed by atoms with Crippen molar-refractivity contribution in [1.82, 2.24) is 0 Å². The number of nitrogens with zero attached hydrogens (tertiary/aromatic N) is 1. The summed E-state index contributed by atoms with van der Waals surface area (Å²) in [5.41, 5.74) is 9.51. The fourth-order valence-corrected chi connectivity index (χ4v) is 4.37. The zero-order chi connectivity index (χ0) is 14.0. The van der Waals surface area contributed by atoms with Crippen LogP contribution in [0.1, 0.15) is 51.0 Å². The Labute approximate surface area is 123 Å². The molecule has 2 nitrogen and oxygen atoms in total. The number of hydrogen-bond acceptors (Lipinski definition) is 2. The van der Waals surface area contributed by atoms with Crippen LogP contribution in [-0.2, 0) is 6.42 Å². The molecule has 1 saturated carbocycles. The van der Waals surface area contributed by atoms with E-state index in [2.05, 4.69) is 36.1 Å². The quantitative estimate of drug-likeness (QED) is 0.888. The Bertz CT molecular complexity index is 456. The van der Waals surface area contributed by atoms with Crippen LogP contribution in [-0.4, -0.2) is 18.6 Å². The maximum absolute atomic E-state index is 6.33. The Morgan fingerprint density at radius 1 is 1.20 bits per heavy atom. The van der Waals surface area contributed by atoms with Gasteiger partial charge in [-0.3, -0.25) is 0 Å². The second-order valence-corrected chi connectivity index (χ2v) is 6.69. The van der Waals surface area contributed by atoms with E-state index in [1.165, 1.54) is 62.7 Å². The first-order valence-corrected chi connectivity index (χ1v) is 8.33. The standard InChI is InChI=1S/C18H28N2/c1-15-8-4-6-12-18(15,14-19)20-13-7-5-10-16-9-2-3-11-17(16)20/h2-3,9,11,15H,4-8,10,12-14,19H2,1H3. The largest absolute Gasteiger partial charge is 0.364 e. The van der Waals surface area contributed by atoms with Crippen LogP contribution in [0.4, 0.5) is 5.69 Å².